The van der Waals surface area contributed by atoms with E-state index in [0.717, 1.165) is 20.9 Å². The summed E-state index contributed by atoms with van der Waals surface area (Å²) in [5, 5.41) is 8.25. The molecular formula is C18H13BrN2OS. The molecule has 1 amide bonds. The van der Waals surface area contributed by atoms with E-state index < -0.39 is 0 Å². The lowest BCUT2D eigenvalue weighted by molar-refractivity contribution is 0.0977. The van der Waals surface area contributed by atoms with Crippen LogP contribution in [0.15, 0.2) is 71.2 Å². The molecule has 3 rings (SSSR count). The normalized spacial score (nSPS) is 10.3. The highest BCUT2D eigenvalue weighted by Crippen LogP contribution is 2.18. The molecule has 0 spiro atoms. The van der Waals surface area contributed by atoms with Gasteiger partial charge in [-0.25, -0.2) is 0 Å². The Labute approximate surface area is 147 Å². The first kappa shape index (κ1) is 15.6. The number of fused-ring (bicyclic) bond motifs is 1. The van der Waals surface area contributed by atoms with Crippen LogP contribution in [0.3, 0.4) is 0 Å². The van der Waals surface area contributed by atoms with Crippen molar-refractivity contribution in [1.29, 1.82) is 0 Å². The molecule has 0 radical (unpaired) electrons. The van der Waals surface area contributed by atoms with Gasteiger partial charge in [-0.1, -0.05) is 52.3 Å². The van der Waals surface area contributed by atoms with E-state index in [4.69, 9.17) is 12.2 Å². The number of hydrogen-bond acceptors (Lipinski definition) is 2. The van der Waals surface area contributed by atoms with Crippen molar-refractivity contribution in [3.63, 3.8) is 0 Å². The number of halogens is 1. The molecule has 3 aromatic carbocycles. The lowest BCUT2D eigenvalue weighted by Crippen LogP contribution is -2.34. The summed E-state index contributed by atoms with van der Waals surface area (Å²) in [4.78, 5) is 12.2. The van der Waals surface area contributed by atoms with E-state index in [0.29, 0.717) is 5.56 Å². The van der Waals surface area contributed by atoms with Crippen LogP contribution < -0.4 is 10.6 Å². The van der Waals surface area contributed by atoms with Crippen LogP contribution in [0.5, 0.6) is 0 Å². The Hall–Kier alpha value is -2.24. The average Bonchev–Trinajstić information content (AvgIpc) is 2.54. The minimum atomic E-state index is -0.246. The first-order chi connectivity index (χ1) is 11.1. The van der Waals surface area contributed by atoms with Gasteiger partial charge in [0.05, 0.1) is 0 Å². The van der Waals surface area contributed by atoms with Crippen molar-refractivity contribution in [1.82, 2.24) is 5.32 Å². The Morgan fingerprint density at radius 3 is 2.48 bits per heavy atom. The van der Waals surface area contributed by atoms with Gasteiger partial charge in [0.2, 0.25) is 0 Å². The summed E-state index contributed by atoms with van der Waals surface area (Å²) < 4.78 is 0.846. The van der Waals surface area contributed by atoms with Crippen molar-refractivity contribution in [2.24, 2.45) is 0 Å². The summed E-state index contributed by atoms with van der Waals surface area (Å²) in [7, 11) is 0. The summed E-state index contributed by atoms with van der Waals surface area (Å²) in [6.45, 7) is 0. The molecule has 3 nitrogen and oxygen atoms in total. The minimum absolute atomic E-state index is 0.246. The van der Waals surface area contributed by atoms with Gasteiger partial charge in [0.15, 0.2) is 5.11 Å². The van der Waals surface area contributed by atoms with Gasteiger partial charge in [0.1, 0.15) is 0 Å². The predicted octanol–water partition coefficient (Wildman–Crippen LogP) is 4.73. The van der Waals surface area contributed by atoms with Crippen LogP contribution in [0.1, 0.15) is 10.4 Å². The molecule has 23 heavy (non-hydrogen) atoms. The van der Waals surface area contributed by atoms with E-state index in [1.165, 1.54) is 0 Å². The van der Waals surface area contributed by atoms with Crippen LogP contribution in [0.2, 0.25) is 0 Å². The van der Waals surface area contributed by atoms with Crippen molar-refractivity contribution < 1.29 is 4.79 Å². The molecule has 0 fully saturated rings. The van der Waals surface area contributed by atoms with E-state index >= 15 is 0 Å². The third kappa shape index (κ3) is 3.94. The van der Waals surface area contributed by atoms with Gasteiger partial charge < -0.3 is 5.32 Å². The van der Waals surface area contributed by atoms with E-state index in [-0.39, 0.29) is 11.0 Å². The molecule has 0 saturated heterocycles. The second-order valence-corrected chi connectivity index (χ2v) is 6.30. The van der Waals surface area contributed by atoms with Gasteiger partial charge in [0.25, 0.3) is 5.91 Å². The highest BCUT2D eigenvalue weighted by atomic mass is 79.9. The second-order valence-electron chi connectivity index (χ2n) is 4.98. The van der Waals surface area contributed by atoms with Gasteiger partial charge in [-0.3, -0.25) is 10.1 Å². The molecule has 5 heteroatoms. The second kappa shape index (κ2) is 6.89. The molecule has 2 N–H and O–H groups in total. The first-order valence-corrected chi connectivity index (χ1v) is 8.19. The summed E-state index contributed by atoms with van der Waals surface area (Å²) in [6.07, 6.45) is 0. The third-order valence-corrected chi connectivity index (χ3v) is 4.02. The molecule has 0 saturated carbocycles. The molecule has 0 heterocycles. The van der Waals surface area contributed by atoms with Crippen molar-refractivity contribution in [3.8, 4) is 0 Å². The number of nitrogens with one attached hydrogen (secondary N) is 2. The molecule has 0 aromatic heterocycles. The fourth-order valence-corrected chi connectivity index (χ4v) is 2.84. The van der Waals surface area contributed by atoms with Crippen LogP contribution in [0, 0.1) is 0 Å². The molecule has 0 aliphatic heterocycles. The molecule has 114 valence electrons. The Balaban J connectivity index is 1.69. The number of anilines is 1. The van der Waals surface area contributed by atoms with E-state index in [1.807, 2.05) is 48.5 Å². The summed E-state index contributed by atoms with van der Waals surface area (Å²) in [5.41, 5.74) is 1.38. The SMILES string of the molecule is O=C(NC(=S)Nc1ccc2ccccc2c1)c1cccc(Br)c1. The first-order valence-electron chi connectivity index (χ1n) is 6.98. The number of benzene rings is 3. The van der Waals surface area contributed by atoms with Crippen molar-refractivity contribution in [2.75, 3.05) is 5.32 Å². The van der Waals surface area contributed by atoms with Crippen LogP contribution in [0.4, 0.5) is 5.69 Å². The largest absolute Gasteiger partial charge is 0.332 e. The number of rotatable bonds is 2. The lowest BCUT2D eigenvalue weighted by atomic mass is 10.1. The van der Waals surface area contributed by atoms with Gasteiger partial charge in [-0.05, 0) is 53.3 Å². The maximum atomic E-state index is 12.2. The molecule has 0 bridgehead atoms. The molecule has 0 aliphatic carbocycles. The third-order valence-electron chi connectivity index (χ3n) is 3.32. The van der Waals surface area contributed by atoms with Crippen LogP contribution >= 0.6 is 28.1 Å². The quantitative estimate of drug-likeness (QED) is 0.627. The summed E-state index contributed by atoms with van der Waals surface area (Å²) in [5.74, 6) is -0.246. The predicted molar refractivity (Wildman–Crippen MR) is 102 cm³/mol. The zero-order valence-electron chi connectivity index (χ0n) is 12.0. The highest BCUT2D eigenvalue weighted by Gasteiger charge is 2.08. The topological polar surface area (TPSA) is 41.1 Å². The fourth-order valence-electron chi connectivity index (χ4n) is 2.23. The fraction of sp³-hybridized carbons (Fsp3) is 0. The number of amides is 1. The Kier molecular flexibility index (Phi) is 4.69. The maximum absolute atomic E-state index is 12.2. The molecule has 0 aliphatic rings. The number of carbonyl (C=O) groups is 1. The Bertz CT molecular complexity index is 895. The molecular weight excluding hydrogens is 372 g/mol. The van der Waals surface area contributed by atoms with E-state index in [9.17, 15) is 4.79 Å². The van der Waals surface area contributed by atoms with Crippen LogP contribution in [-0.2, 0) is 0 Å². The zero-order chi connectivity index (χ0) is 16.2. The van der Waals surface area contributed by atoms with Crippen LogP contribution in [-0.4, -0.2) is 11.0 Å². The highest BCUT2D eigenvalue weighted by molar-refractivity contribution is 9.10. The van der Waals surface area contributed by atoms with Gasteiger partial charge >= 0.3 is 0 Å². The Morgan fingerprint density at radius 2 is 1.70 bits per heavy atom. The van der Waals surface area contributed by atoms with E-state index in [2.05, 4.69) is 26.6 Å². The summed E-state index contributed by atoms with van der Waals surface area (Å²) >= 11 is 8.56. The number of hydrogen-bond donors (Lipinski definition) is 2. The van der Waals surface area contributed by atoms with Crippen molar-refractivity contribution in [2.45, 2.75) is 0 Å². The molecule has 3 aromatic rings. The van der Waals surface area contributed by atoms with E-state index in [1.54, 1.807) is 18.2 Å². The smallest absolute Gasteiger partial charge is 0.257 e. The van der Waals surface area contributed by atoms with Crippen molar-refractivity contribution in [3.05, 3.63) is 76.8 Å². The van der Waals surface area contributed by atoms with Gasteiger partial charge in [0, 0.05) is 15.7 Å². The minimum Gasteiger partial charge on any atom is -0.332 e. The monoisotopic (exact) mass is 384 g/mol. The zero-order valence-corrected chi connectivity index (χ0v) is 14.4. The molecule has 0 unspecified atom stereocenters. The van der Waals surface area contributed by atoms with Gasteiger partial charge in [-0.2, -0.15) is 0 Å². The number of thiocarbonyl (C=S) groups is 1. The lowest BCUT2D eigenvalue weighted by Gasteiger charge is -2.10. The average molecular weight is 385 g/mol. The number of carbonyl (C=O) groups excluding carboxylic acids is 1. The Morgan fingerprint density at radius 1 is 0.913 bits per heavy atom. The van der Waals surface area contributed by atoms with Gasteiger partial charge in [-0.15, -0.1) is 0 Å². The standard InChI is InChI=1S/C18H13BrN2OS/c19-15-7-3-6-14(10-15)17(22)21-18(23)20-16-9-8-12-4-1-2-5-13(12)11-16/h1-11H,(H2,20,21,22,23). The van der Waals surface area contributed by atoms with Crippen molar-refractivity contribution >= 4 is 55.6 Å². The maximum Gasteiger partial charge on any atom is 0.257 e. The molecule has 0 atom stereocenters. The van der Waals surface area contributed by atoms with Crippen LogP contribution in [0.25, 0.3) is 10.8 Å². The summed E-state index contributed by atoms with van der Waals surface area (Å²) in [6, 6.07) is 21.1.